The molecule has 3 aliphatic rings. The number of carboxylic acids is 2. The van der Waals surface area contributed by atoms with E-state index in [2.05, 4.69) is 13.7 Å². The van der Waals surface area contributed by atoms with Gasteiger partial charge in [0.25, 0.3) is 16.4 Å². The molecule has 69 heavy (non-hydrogen) atoms. The van der Waals surface area contributed by atoms with E-state index in [4.69, 9.17) is 42.1 Å². The van der Waals surface area contributed by atoms with Crippen LogP contribution in [0.2, 0.25) is 0 Å². The fourth-order valence-electron chi connectivity index (χ4n) is 6.49. The standard InChI is InChI=1S/C31H48N2O32S4/c1-11(36)32-16-18(37)22(14(10-56-69(52,53)54)59-29(16)64-31(2,3)4)61-30-24(65-66(5,44)45)20(39)23(25(63-30)27(42)43)62-28-17(33-67(46,47)48)19(38)21(13(58-28)9-55-68(49,50)51)60-15(8-35)57-12(6-7-34)26(40)41/h6-8,13-25,28-30,33,37-39H,9-10H2,1-5H3,(H,32,36)(H,40,41)(H,42,43)(H,46,47,48)(H,49,50,51)(H,52,53,54)/b12-6+/t13?,14?,15-,16?,17?,18+,19+,20-,21+,22+,23-,24?,25?,28-,29-,30+/m0/s1. The van der Waals surface area contributed by atoms with E-state index in [0.717, 1.165) is 6.92 Å². The molecule has 0 spiro atoms. The van der Waals surface area contributed by atoms with Gasteiger partial charge in [-0.15, -0.1) is 0 Å². The molecule has 38 heteroatoms. The summed E-state index contributed by atoms with van der Waals surface area (Å²) >= 11 is 0. The van der Waals surface area contributed by atoms with Crippen LogP contribution in [-0.4, -0.2) is 227 Å². The number of aliphatic carboxylic acids is 2. The number of aldehydes is 2. The molecule has 1 amide bonds. The Labute approximate surface area is 390 Å². The zero-order valence-electron chi connectivity index (χ0n) is 35.9. The van der Waals surface area contributed by atoms with E-state index in [-0.39, 0.29) is 18.6 Å². The summed E-state index contributed by atoms with van der Waals surface area (Å²) in [4.78, 5) is 59.4. The molecule has 0 radical (unpaired) electrons. The molecule has 0 bridgehead atoms. The first-order valence-corrected chi connectivity index (χ1v) is 24.9. The maximum absolute atomic E-state index is 12.8. The predicted molar refractivity (Wildman–Crippen MR) is 211 cm³/mol. The van der Waals surface area contributed by atoms with Crippen LogP contribution in [0, 0.1) is 0 Å². The molecular weight excluding hydrogens is 1040 g/mol. The number of rotatable bonds is 24. The first-order valence-electron chi connectivity index (χ1n) is 19.0. The Morgan fingerprint density at radius 1 is 0.725 bits per heavy atom. The van der Waals surface area contributed by atoms with E-state index in [1.165, 1.54) is 25.5 Å². The number of ether oxygens (including phenoxy) is 8. The molecule has 0 saturated carbocycles. The number of amides is 1. The van der Waals surface area contributed by atoms with Gasteiger partial charge in [-0.1, -0.05) is 0 Å². The fourth-order valence-corrected chi connectivity index (χ4v) is 8.31. The van der Waals surface area contributed by atoms with Crippen LogP contribution < -0.4 is 10.0 Å². The molecule has 3 saturated heterocycles. The van der Waals surface area contributed by atoms with Gasteiger partial charge in [0.2, 0.25) is 11.7 Å². The van der Waals surface area contributed by atoms with Gasteiger partial charge < -0.3 is 68.7 Å². The fraction of sp³-hybridized carbons (Fsp3) is 0.774. The molecule has 6 unspecified atom stereocenters. The highest BCUT2D eigenvalue weighted by atomic mass is 32.3. The summed E-state index contributed by atoms with van der Waals surface area (Å²) in [6.07, 6.45) is -34.0. The van der Waals surface area contributed by atoms with E-state index in [1.807, 2.05) is 0 Å². The number of aliphatic hydroxyl groups excluding tert-OH is 3. The molecule has 16 atom stereocenters. The van der Waals surface area contributed by atoms with Crippen LogP contribution in [0.4, 0.5) is 0 Å². The molecule has 0 aromatic carbocycles. The summed E-state index contributed by atoms with van der Waals surface area (Å²) in [6, 6.07) is -4.29. The van der Waals surface area contributed by atoms with Crippen molar-refractivity contribution < 1.29 is 147 Å². The van der Waals surface area contributed by atoms with Crippen LogP contribution in [0.5, 0.6) is 0 Å². The maximum atomic E-state index is 12.8. The van der Waals surface area contributed by atoms with Gasteiger partial charge >= 0.3 is 43.0 Å². The molecule has 0 aliphatic carbocycles. The third-order valence-electron chi connectivity index (χ3n) is 8.94. The van der Waals surface area contributed by atoms with Gasteiger partial charge in [0.1, 0.15) is 67.2 Å². The number of nitrogens with one attached hydrogen (secondary N) is 2. The molecule has 34 nitrogen and oxygen atoms in total. The van der Waals surface area contributed by atoms with Gasteiger partial charge in [-0.3, -0.25) is 32.2 Å². The quantitative estimate of drug-likeness (QED) is 0.0107. The van der Waals surface area contributed by atoms with Crippen molar-refractivity contribution >= 4 is 71.6 Å². The van der Waals surface area contributed by atoms with Crippen molar-refractivity contribution in [2.45, 2.75) is 132 Å². The van der Waals surface area contributed by atoms with Crippen molar-refractivity contribution in [2.75, 3.05) is 19.5 Å². The smallest absolute Gasteiger partial charge is 0.397 e. The molecular formula is C31H48N2O32S4. The van der Waals surface area contributed by atoms with E-state index >= 15 is 0 Å². The van der Waals surface area contributed by atoms with E-state index < -0.39 is 182 Å². The Bertz CT molecular complexity index is 2320. The Morgan fingerprint density at radius 2 is 1.25 bits per heavy atom. The first-order chi connectivity index (χ1) is 31.4. The number of aliphatic hydroxyl groups is 3. The molecule has 3 heterocycles. The van der Waals surface area contributed by atoms with E-state index in [9.17, 15) is 96.8 Å². The maximum Gasteiger partial charge on any atom is 0.397 e. The molecule has 0 aromatic rings. The second-order valence-electron chi connectivity index (χ2n) is 15.5. The van der Waals surface area contributed by atoms with Gasteiger partial charge in [-0.2, -0.15) is 38.4 Å². The van der Waals surface area contributed by atoms with E-state index in [0.29, 0.717) is 6.26 Å². The van der Waals surface area contributed by atoms with Gasteiger partial charge in [0.05, 0.1) is 25.1 Å². The molecule has 0 aromatic heterocycles. The summed E-state index contributed by atoms with van der Waals surface area (Å²) in [7, 11) is -21.3. The minimum atomic E-state index is -5.62. The highest BCUT2D eigenvalue weighted by Crippen LogP contribution is 2.36. The SMILES string of the molecule is CC(=O)NC1[C@H](OC(C)(C)C)OC(COS(=O)(=O)O)[C@@H](O[C@@H]2OC(C(=O)O)[C@@H](O[C@@H]3OC(COS(=O)(=O)O)[C@@H](O[C@@H](C=O)O/C(=C/C=O)C(=O)O)[C@H](O)C3NS(=O)(=O)O)[C@H](O)C2OS(C)(=O)=O)[C@@H]1O. The predicted octanol–water partition coefficient (Wildman–Crippen LogP) is -6.74. The van der Waals surface area contributed by atoms with Gasteiger partial charge in [-0.25, -0.2) is 18.0 Å². The molecule has 10 N–H and O–H groups in total. The van der Waals surface area contributed by atoms with Crippen molar-refractivity contribution in [3.05, 3.63) is 11.8 Å². The molecule has 3 aliphatic heterocycles. The number of hydrogen-bond donors (Lipinski definition) is 10. The Morgan fingerprint density at radius 3 is 1.70 bits per heavy atom. The third-order valence-corrected chi connectivity index (χ3v) is 11.0. The van der Waals surface area contributed by atoms with Crippen LogP contribution in [0.1, 0.15) is 27.7 Å². The summed E-state index contributed by atoms with van der Waals surface area (Å²) in [5, 5.41) is 56.7. The largest absolute Gasteiger partial charge is 0.479 e. The van der Waals surface area contributed by atoms with Crippen molar-refractivity contribution in [3.8, 4) is 0 Å². The lowest BCUT2D eigenvalue weighted by molar-refractivity contribution is -0.364. The van der Waals surface area contributed by atoms with Gasteiger partial charge in [-0.05, 0) is 20.8 Å². The van der Waals surface area contributed by atoms with Crippen LogP contribution in [0.25, 0.3) is 0 Å². The van der Waals surface area contributed by atoms with Gasteiger partial charge in [0.15, 0.2) is 37.4 Å². The summed E-state index contributed by atoms with van der Waals surface area (Å²) in [6.45, 7) is 2.62. The second-order valence-corrected chi connectivity index (χ2v) is 20.5. The molecule has 398 valence electrons. The monoisotopic (exact) mass is 1090 g/mol. The Kier molecular flexibility index (Phi) is 20.6. The van der Waals surface area contributed by atoms with Crippen molar-refractivity contribution in [1.82, 2.24) is 10.0 Å². The minimum Gasteiger partial charge on any atom is -0.479 e. The highest BCUT2D eigenvalue weighted by molar-refractivity contribution is 7.86. The average molecular weight is 1090 g/mol. The summed E-state index contributed by atoms with van der Waals surface area (Å²) < 4.78 is 183. The minimum absolute atomic E-state index is 0.121. The average Bonchev–Trinajstić information content (AvgIpc) is 3.17. The van der Waals surface area contributed by atoms with Gasteiger partial charge in [0, 0.05) is 13.0 Å². The lowest BCUT2D eigenvalue weighted by Crippen LogP contribution is -2.70. The molecule has 3 fully saturated rings. The molecule has 3 rings (SSSR count). The zero-order chi connectivity index (χ0) is 52.8. The van der Waals surface area contributed by atoms with Crippen LogP contribution in [0.3, 0.4) is 0 Å². The number of hydrogen-bond acceptors (Lipinski definition) is 27. The van der Waals surface area contributed by atoms with Crippen molar-refractivity contribution in [2.24, 2.45) is 0 Å². The summed E-state index contributed by atoms with van der Waals surface area (Å²) in [5.41, 5.74) is -1.14. The van der Waals surface area contributed by atoms with Crippen molar-refractivity contribution in [3.63, 3.8) is 0 Å². The number of carbonyl (C=O) groups excluding carboxylic acids is 3. The number of carbonyl (C=O) groups is 5. The normalized spacial score (nSPS) is 33.4. The summed E-state index contributed by atoms with van der Waals surface area (Å²) in [5.74, 6) is -6.30. The first kappa shape index (κ1) is 59.7. The third kappa shape index (κ3) is 18.5. The number of allylic oxidation sites excluding steroid dienone is 1. The highest BCUT2D eigenvalue weighted by Gasteiger charge is 2.58. The number of carboxylic acid groups (broad SMARTS) is 2. The lowest BCUT2D eigenvalue weighted by atomic mass is 9.94. The van der Waals surface area contributed by atoms with Crippen LogP contribution in [0.15, 0.2) is 11.8 Å². The Balaban J connectivity index is 2.16. The zero-order valence-corrected chi connectivity index (χ0v) is 39.2. The topological polar surface area (TPSA) is 509 Å². The second kappa shape index (κ2) is 23.8. The van der Waals surface area contributed by atoms with E-state index in [1.54, 1.807) is 0 Å². The van der Waals surface area contributed by atoms with Crippen LogP contribution in [-0.2, 0) is 116 Å². The van der Waals surface area contributed by atoms with Crippen molar-refractivity contribution in [1.29, 1.82) is 0 Å². The Hall–Kier alpha value is -3.59. The lowest BCUT2D eigenvalue weighted by Gasteiger charge is -2.49. The van der Waals surface area contributed by atoms with Crippen LogP contribution >= 0.6 is 0 Å².